The summed E-state index contributed by atoms with van der Waals surface area (Å²) in [4.78, 5) is 8.56. The van der Waals surface area contributed by atoms with Gasteiger partial charge in [0, 0.05) is 17.1 Å². The number of nitrogens with zero attached hydrogens (tertiary/aromatic N) is 3. The molecule has 0 aliphatic carbocycles. The lowest BCUT2D eigenvalue weighted by atomic mass is 10.1. The number of hydrogen-bond acceptors (Lipinski definition) is 5. The maximum absolute atomic E-state index is 6.75. The van der Waals surface area contributed by atoms with Crippen LogP contribution >= 0.6 is 15.9 Å². The van der Waals surface area contributed by atoms with Crippen LogP contribution in [0.15, 0.2) is 17.0 Å². The van der Waals surface area contributed by atoms with Gasteiger partial charge in [0.05, 0.1) is 17.6 Å². The molecule has 26 heavy (non-hydrogen) atoms. The number of halogens is 1. The summed E-state index contributed by atoms with van der Waals surface area (Å²) < 4.78 is 16.0. The molecule has 0 amide bonds. The van der Waals surface area contributed by atoms with Crippen molar-refractivity contribution in [3.05, 3.63) is 17.0 Å². The molecule has 2 aromatic rings. The van der Waals surface area contributed by atoms with Gasteiger partial charge in [-0.05, 0) is 40.5 Å². The quantitative estimate of drug-likeness (QED) is 0.686. The molecule has 3 heterocycles. The van der Waals surface area contributed by atoms with Crippen molar-refractivity contribution in [1.82, 2.24) is 14.5 Å². The first-order valence-corrected chi connectivity index (χ1v) is 12.8. The summed E-state index contributed by atoms with van der Waals surface area (Å²) in [6.07, 6.45) is 5.32. The summed E-state index contributed by atoms with van der Waals surface area (Å²) in [5.41, 5.74) is 6.83. The molecule has 3 atom stereocenters. The maximum atomic E-state index is 6.75. The van der Waals surface area contributed by atoms with Crippen molar-refractivity contribution in [3.8, 4) is 0 Å². The fourth-order valence-electron chi connectivity index (χ4n) is 3.14. The van der Waals surface area contributed by atoms with Gasteiger partial charge in [0.25, 0.3) is 0 Å². The Morgan fingerprint density at radius 2 is 2.08 bits per heavy atom. The van der Waals surface area contributed by atoms with Gasteiger partial charge in [-0.1, -0.05) is 27.7 Å². The molecule has 3 rings (SSSR count). The third-order valence-corrected chi connectivity index (χ3v) is 10.8. The monoisotopic (exact) mass is 440 g/mol. The van der Waals surface area contributed by atoms with Crippen molar-refractivity contribution < 1.29 is 9.16 Å². The molecule has 1 aliphatic rings. The summed E-state index contributed by atoms with van der Waals surface area (Å²) in [5.74, 6) is 0.465. The Balaban J connectivity index is 2.01. The Kier molecular flexibility index (Phi) is 5.24. The Morgan fingerprint density at radius 3 is 2.69 bits per heavy atom. The number of aromatic nitrogens is 3. The van der Waals surface area contributed by atoms with E-state index in [0.29, 0.717) is 5.82 Å². The summed E-state index contributed by atoms with van der Waals surface area (Å²) in [5, 5.41) is 0.968. The van der Waals surface area contributed by atoms with E-state index in [4.69, 9.17) is 14.9 Å². The Bertz CT molecular complexity index is 802. The molecular weight excluding hydrogens is 412 g/mol. The number of nitrogens with two attached hydrogens (primary N) is 1. The van der Waals surface area contributed by atoms with Crippen LogP contribution in [0.25, 0.3) is 11.0 Å². The van der Waals surface area contributed by atoms with E-state index in [1.165, 1.54) is 6.33 Å². The van der Waals surface area contributed by atoms with Crippen LogP contribution in [0.3, 0.4) is 0 Å². The first-order valence-electron chi connectivity index (χ1n) is 9.15. The van der Waals surface area contributed by atoms with Crippen LogP contribution in [-0.4, -0.2) is 35.1 Å². The summed E-state index contributed by atoms with van der Waals surface area (Å²) in [7, 11) is -1.92. The van der Waals surface area contributed by atoms with Crippen LogP contribution in [0.5, 0.6) is 0 Å². The van der Waals surface area contributed by atoms with E-state index in [9.17, 15) is 0 Å². The van der Waals surface area contributed by atoms with Crippen LogP contribution in [0.1, 0.15) is 46.8 Å². The first-order chi connectivity index (χ1) is 12.0. The molecule has 0 bridgehead atoms. The second-order valence-electron chi connectivity index (χ2n) is 8.55. The molecule has 1 saturated heterocycles. The Hall–Kier alpha value is -0.963. The van der Waals surface area contributed by atoms with Gasteiger partial charge in [0.2, 0.25) is 0 Å². The van der Waals surface area contributed by atoms with Crippen molar-refractivity contribution in [2.24, 2.45) is 0 Å². The average molecular weight is 441 g/mol. The zero-order valence-corrected chi connectivity index (χ0v) is 19.0. The minimum absolute atomic E-state index is 0.000434. The number of ether oxygens (including phenoxy) is 1. The van der Waals surface area contributed by atoms with E-state index in [1.54, 1.807) is 0 Å². The van der Waals surface area contributed by atoms with Crippen molar-refractivity contribution in [1.29, 1.82) is 0 Å². The van der Waals surface area contributed by atoms with Crippen LogP contribution in [-0.2, 0) is 9.16 Å². The largest absolute Gasteiger partial charge is 0.409 e. The van der Waals surface area contributed by atoms with Crippen molar-refractivity contribution in [2.75, 3.05) is 5.73 Å². The number of rotatable bonds is 4. The fourth-order valence-corrected chi connectivity index (χ4v) is 5.07. The molecule has 0 radical (unpaired) electrons. The Labute approximate surface area is 164 Å². The predicted octanol–water partition coefficient (Wildman–Crippen LogP) is 4.86. The highest BCUT2D eigenvalue weighted by atomic mass is 79.9. The molecule has 0 saturated carbocycles. The third-order valence-electron chi connectivity index (χ3n) is 5.72. The minimum atomic E-state index is -1.92. The molecule has 0 aromatic carbocycles. The standard InChI is InChI=1S/C18H29BrN4O2Si/c1-7-11-8-13(25-26(5,6)18(2,3)4)17(24-11)23-9-12(19)14-15(20)21-10-22-16(14)23/h9-11,13,17H,7-8H2,1-6H3,(H2,20,21,22)/t11-,13-,17-/m1/s1. The highest BCUT2D eigenvalue weighted by Gasteiger charge is 2.45. The number of hydrogen-bond donors (Lipinski definition) is 1. The normalized spacial score (nSPS) is 24.5. The molecule has 8 heteroatoms. The first kappa shape index (κ1) is 19.8. The molecule has 2 N–H and O–H groups in total. The highest BCUT2D eigenvalue weighted by Crippen LogP contribution is 2.43. The second kappa shape index (κ2) is 6.89. The summed E-state index contributed by atoms with van der Waals surface area (Å²) in [6.45, 7) is 13.5. The molecular formula is C18H29BrN4O2Si. The van der Waals surface area contributed by atoms with Gasteiger partial charge in [0.1, 0.15) is 17.8 Å². The zero-order valence-electron chi connectivity index (χ0n) is 16.4. The van der Waals surface area contributed by atoms with Crippen LogP contribution in [0.2, 0.25) is 18.1 Å². The van der Waals surface area contributed by atoms with Crippen molar-refractivity contribution in [2.45, 2.75) is 77.1 Å². The van der Waals surface area contributed by atoms with Gasteiger partial charge >= 0.3 is 0 Å². The van der Waals surface area contributed by atoms with Gasteiger partial charge in [-0.3, -0.25) is 0 Å². The molecule has 1 aliphatic heterocycles. The van der Waals surface area contributed by atoms with E-state index in [0.717, 1.165) is 28.3 Å². The van der Waals surface area contributed by atoms with Gasteiger partial charge in [0.15, 0.2) is 14.5 Å². The predicted molar refractivity (Wildman–Crippen MR) is 111 cm³/mol. The van der Waals surface area contributed by atoms with Gasteiger partial charge in [-0.2, -0.15) is 0 Å². The van der Waals surface area contributed by atoms with Gasteiger partial charge in [-0.25, -0.2) is 9.97 Å². The van der Waals surface area contributed by atoms with E-state index in [1.807, 2.05) is 10.8 Å². The molecule has 0 unspecified atom stereocenters. The highest BCUT2D eigenvalue weighted by molar-refractivity contribution is 9.10. The van der Waals surface area contributed by atoms with E-state index < -0.39 is 8.32 Å². The van der Waals surface area contributed by atoms with Crippen LogP contribution in [0.4, 0.5) is 5.82 Å². The SMILES string of the molecule is CC[C@@H]1C[C@@H](O[Si](C)(C)C(C)(C)C)[C@H](n2cc(Br)c3c(N)ncnc32)O1. The minimum Gasteiger partial charge on any atom is -0.409 e. The average Bonchev–Trinajstić information content (AvgIpc) is 3.07. The summed E-state index contributed by atoms with van der Waals surface area (Å²) >= 11 is 3.59. The lowest BCUT2D eigenvalue weighted by Crippen LogP contribution is -2.45. The molecule has 6 nitrogen and oxygen atoms in total. The molecule has 144 valence electrons. The van der Waals surface area contributed by atoms with Crippen LogP contribution < -0.4 is 5.73 Å². The zero-order chi connectivity index (χ0) is 19.3. The second-order valence-corrected chi connectivity index (χ2v) is 14.2. The lowest BCUT2D eigenvalue weighted by Gasteiger charge is -2.39. The molecule has 2 aromatic heterocycles. The number of nitrogen functional groups attached to an aromatic ring is 1. The van der Waals surface area contributed by atoms with E-state index in [2.05, 4.69) is 66.7 Å². The molecule has 1 fully saturated rings. The van der Waals surface area contributed by atoms with Crippen molar-refractivity contribution >= 4 is 41.1 Å². The van der Waals surface area contributed by atoms with Crippen LogP contribution in [0, 0.1) is 0 Å². The van der Waals surface area contributed by atoms with Crippen molar-refractivity contribution in [3.63, 3.8) is 0 Å². The van der Waals surface area contributed by atoms with Gasteiger partial charge in [-0.15, -0.1) is 0 Å². The number of fused-ring (bicyclic) bond motifs is 1. The van der Waals surface area contributed by atoms with E-state index in [-0.39, 0.29) is 23.5 Å². The third kappa shape index (κ3) is 3.44. The fraction of sp³-hybridized carbons (Fsp3) is 0.667. The maximum Gasteiger partial charge on any atom is 0.192 e. The lowest BCUT2D eigenvalue weighted by molar-refractivity contribution is -0.0318. The van der Waals surface area contributed by atoms with E-state index >= 15 is 0 Å². The summed E-state index contributed by atoms with van der Waals surface area (Å²) in [6, 6.07) is 0. The Morgan fingerprint density at radius 1 is 1.38 bits per heavy atom. The van der Waals surface area contributed by atoms with Gasteiger partial charge < -0.3 is 19.5 Å². The number of anilines is 1. The topological polar surface area (TPSA) is 75.2 Å². The molecule has 0 spiro atoms. The smallest absolute Gasteiger partial charge is 0.192 e.